The molecule has 2 fully saturated rings. The summed E-state index contributed by atoms with van der Waals surface area (Å²) >= 11 is 6.82. The highest BCUT2D eigenvalue weighted by molar-refractivity contribution is 6.31. The van der Waals surface area contributed by atoms with E-state index in [0.29, 0.717) is 30.9 Å². The van der Waals surface area contributed by atoms with Crippen LogP contribution in [0.2, 0.25) is 5.02 Å². The zero-order valence-corrected chi connectivity index (χ0v) is 24.0. The Morgan fingerprint density at radius 2 is 1.80 bits per heavy atom. The van der Waals surface area contributed by atoms with Gasteiger partial charge in [0.05, 0.1) is 31.4 Å². The summed E-state index contributed by atoms with van der Waals surface area (Å²) in [6, 6.07) is 22.7. The third-order valence-electron chi connectivity index (χ3n) is 9.17. The van der Waals surface area contributed by atoms with Crippen molar-refractivity contribution in [3.8, 4) is 5.75 Å². The first-order valence-corrected chi connectivity index (χ1v) is 14.9. The number of fused-ring (bicyclic) bond motifs is 6. The number of halogens is 1. The van der Waals surface area contributed by atoms with Crippen LogP contribution in [0.1, 0.15) is 46.4 Å². The Balaban J connectivity index is 1.46. The predicted octanol–water partition coefficient (Wildman–Crippen LogP) is 6.00. The second kappa shape index (κ2) is 9.76. The topological polar surface area (TPSA) is 42.8 Å². The van der Waals surface area contributed by atoms with E-state index in [1.165, 1.54) is 40.8 Å². The van der Waals surface area contributed by atoms with Crippen LogP contribution >= 0.6 is 11.6 Å². The number of nitrogens with zero attached hydrogens (tertiary/aromatic N) is 4. The molecule has 1 saturated heterocycles. The molecule has 7 heteroatoms. The molecule has 1 unspecified atom stereocenters. The van der Waals surface area contributed by atoms with Gasteiger partial charge in [-0.05, 0) is 71.5 Å². The lowest BCUT2D eigenvalue weighted by molar-refractivity contribution is 0.000363. The largest absolute Gasteiger partial charge is 0.489 e. The van der Waals surface area contributed by atoms with Crippen LogP contribution in [0.3, 0.4) is 0 Å². The monoisotopic (exact) mass is 564 g/mol. The molecule has 4 aliphatic rings. The van der Waals surface area contributed by atoms with Crippen molar-refractivity contribution in [2.24, 2.45) is 7.05 Å². The van der Waals surface area contributed by atoms with E-state index in [1.807, 2.05) is 24.7 Å². The predicted molar refractivity (Wildman–Crippen MR) is 162 cm³/mol. The first-order chi connectivity index (χ1) is 20.1. The Morgan fingerprint density at radius 1 is 0.976 bits per heavy atom. The highest BCUT2D eigenvalue weighted by Gasteiger charge is 2.46. The van der Waals surface area contributed by atoms with E-state index in [1.54, 1.807) is 0 Å². The number of hydrogen-bond donors (Lipinski definition) is 0. The standard InChI is InChI=1S/C34H33ClN4O2/c1-37-22-36-20-33(37)34(38-13-15-40-16-14-38)25-5-9-31(35)24(17-25)21-41-28-4-2-3-23(18-28)29-11-12-39(27-7-8-27)32-10-6-26(34)19-30(29)32/h2-6,9-11,17-20,22,27H,7-8,12-16,21H2,1H3. The van der Waals surface area contributed by atoms with Crippen LogP contribution in [0, 0.1) is 0 Å². The zero-order chi connectivity index (χ0) is 27.6. The maximum Gasteiger partial charge on any atom is 0.120 e. The Hall–Kier alpha value is -3.58. The molecule has 41 heavy (non-hydrogen) atoms. The molecule has 1 aromatic heterocycles. The molecule has 3 aromatic carbocycles. The minimum absolute atomic E-state index is 0.387. The van der Waals surface area contributed by atoms with Crippen molar-refractivity contribution in [1.29, 1.82) is 0 Å². The molecule has 6 nitrogen and oxygen atoms in total. The number of imidazole rings is 1. The fourth-order valence-corrected chi connectivity index (χ4v) is 7.22. The van der Waals surface area contributed by atoms with Crippen LogP contribution in [0.4, 0.5) is 5.69 Å². The average molecular weight is 565 g/mol. The van der Waals surface area contributed by atoms with Gasteiger partial charge >= 0.3 is 0 Å². The number of rotatable bonds is 3. The summed E-state index contributed by atoms with van der Waals surface area (Å²) in [6.07, 6.45) is 8.85. The van der Waals surface area contributed by atoms with E-state index in [9.17, 15) is 0 Å². The summed E-state index contributed by atoms with van der Waals surface area (Å²) in [4.78, 5) is 9.78. The summed E-state index contributed by atoms with van der Waals surface area (Å²) < 4.78 is 14.4. The van der Waals surface area contributed by atoms with Gasteiger partial charge in [-0.25, -0.2) is 4.98 Å². The quantitative estimate of drug-likeness (QED) is 0.305. The molecule has 8 rings (SSSR count). The molecule has 1 aliphatic carbocycles. The molecule has 6 bridgehead atoms. The van der Waals surface area contributed by atoms with Gasteiger partial charge in [-0.2, -0.15) is 0 Å². The molecule has 208 valence electrons. The lowest BCUT2D eigenvalue weighted by Gasteiger charge is -2.47. The van der Waals surface area contributed by atoms with E-state index < -0.39 is 5.54 Å². The molecule has 0 amide bonds. The number of hydrogen-bond acceptors (Lipinski definition) is 5. The van der Waals surface area contributed by atoms with E-state index >= 15 is 0 Å². The lowest BCUT2D eigenvalue weighted by Crippen LogP contribution is -2.53. The number of benzene rings is 3. The van der Waals surface area contributed by atoms with Gasteiger partial charge in [-0.15, -0.1) is 0 Å². The first-order valence-electron chi connectivity index (χ1n) is 14.6. The molecular formula is C34H33ClN4O2. The van der Waals surface area contributed by atoms with E-state index in [2.05, 4.69) is 81.0 Å². The van der Waals surface area contributed by atoms with E-state index in [-0.39, 0.29) is 0 Å². The number of ether oxygens (including phenoxy) is 2. The highest BCUT2D eigenvalue weighted by atomic mass is 35.5. The van der Waals surface area contributed by atoms with Crippen molar-refractivity contribution in [1.82, 2.24) is 14.5 Å². The van der Waals surface area contributed by atoms with E-state index in [4.69, 9.17) is 21.1 Å². The SMILES string of the molecule is Cn1cncc1C1(N2CCOCC2)c2ccc(Cl)c(c2)COc2cccc(c2)C2=CCN(C3CC3)c3ccc1cc32. The van der Waals surface area contributed by atoms with Crippen LogP contribution in [-0.2, 0) is 23.9 Å². The van der Waals surface area contributed by atoms with E-state index in [0.717, 1.165) is 42.2 Å². The van der Waals surface area contributed by atoms with Crippen LogP contribution in [-0.4, -0.2) is 53.3 Å². The average Bonchev–Trinajstić information content (AvgIpc) is 3.77. The molecule has 0 spiro atoms. The molecule has 4 heterocycles. The minimum atomic E-state index is -0.608. The second-order valence-electron chi connectivity index (χ2n) is 11.6. The Morgan fingerprint density at radius 3 is 2.61 bits per heavy atom. The van der Waals surface area contributed by atoms with Crippen LogP contribution in [0.5, 0.6) is 5.75 Å². The van der Waals surface area contributed by atoms with Crippen LogP contribution in [0.25, 0.3) is 5.57 Å². The summed E-state index contributed by atoms with van der Waals surface area (Å²) in [5.41, 5.74) is 8.85. The number of aryl methyl sites for hydroxylation is 1. The molecule has 4 aromatic rings. The summed E-state index contributed by atoms with van der Waals surface area (Å²) in [7, 11) is 2.09. The number of anilines is 1. The van der Waals surface area contributed by atoms with Gasteiger partial charge in [0.25, 0.3) is 0 Å². The van der Waals surface area contributed by atoms with Crippen molar-refractivity contribution >= 4 is 22.9 Å². The highest BCUT2D eigenvalue weighted by Crippen LogP contribution is 2.48. The van der Waals surface area contributed by atoms with Gasteiger partial charge < -0.3 is 18.9 Å². The number of aromatic nitrogens is 2. The lowest BCUT2D eigenvalue weighted by atomic mass is 9.76. The summed E-state index contributed by atoms with van der Waals surface area (Å²) in [5.74, 6) is 0.845. The van der Waals surface area contributed by atoms with Gasteiger partial charge in [0.15, 0.2) is 0 Å². The maximum absolute atomic E-state index is 6.82. The molecule has 0 N–H and O–H groups in total. The Labute approximate surface area is 245 Å². The number of morpholine rings is 1. The van der Waals surface area contributed by atoms with Gasteiger partial charge in [0.2, 0.25) is 0 Å². The summed E-state index contributed by atoms with van der Waals surface area (Å²) in [6.45, 7) is 4.27. The van der Waals surface area contributed by atoms with Crippen LogP contribution < -0.4 is 9.64 Å². The first kappa shape index (κ1) is 25.2. The second-order valence-corrected chi connectivity index (χ2v) is 12.0. The van der Waals surface area contributed by atoms with Crippen molar-refractivity contribution in [2.45, 2.75) is 31.0 Å². The Kier molecular flexibility index (Phi) is 5.99. The molecule has 1 atom stereocenters. The summed E-state index contributed by atoms with van der Waals surface area (Å²) in [5, 5.41) is 0.704. The van der Waals surface area contributed by atoms with Gasteiger partial charge in [0.1, 0.15) is 17.9 Å². The van der Waals surface area contributed by atoms with Crippen molar-refractivity contribution in [3.05, 3.63) is 118 Å². The van der Waals surface area contributed by atoms with Crippen molar-refractivity contribution < 1.29 is 9.47 Å². The molecule has 3 aliphatic heterocycles. The van der Waals surface area contributed by atoms with Crippen molar-refractivity contribution in [2.75, 3.05) is 37.7 Å². The molecule has 1 saturated carbocycles. The van der Waals surface area contributed by atoms with Gasteiger partial charge in [0, 0.05) is 54.6 Å². The molecular weight excluding hydrogens is 532 g/mol. The smallest absolute Gasteiger partial charge is 0.120 e. The minimum Gasteiger partial charge on any atom is -0.489 e. The normalized spacial score (nSPS) is 22.2. The van der Waals surface area contributed by atoms with Crippen LogP contribution in [0.15, 0.2) is 79.3 Å². The molecule has 0 radical (unpaired) electrons. The third-order valence-corrected chi connectivity index (χ3v) is 9.54. The fourth-order valence-electron chi connectivity index (χ4n) is 7.05. The zero-order valence-electron chi connectivity index (χ0n) is 23.2. The fraction of sp³-hybridized carbons (Fsp3) is 0.324. The van der Waals surface area contributed by atoms with Gasteiger partial charge in [-0.1, -0.05) is 41.9 Å². The van der Waals surface area contributed by atoms with Crippen molar-refractivity contribution in [3.63, 3.8) is 0 Å². The Bertz CT molecular complexity index is 1670. The maximum atomic E-state index is 6.82. The third kappa shape index (κ3) is 4.03. The van der Waals surface area contributed by atoms with Gasteiger partial charge in [-0.3, -0.25) is 4.90 Å².